The second-order valence-electron chi connectivity index (χ2n) is 5.13. The molecule has 0 bridgehead atoms. The van der Waals surface area contributed by atoms with E-state index >= 15 is 0 Å². The van der Waals surface area contributed by atoms with Crippen LogP contribution in [0, 0.1) is 0 Å². The van der Waals surface area contributed by atoms with Crippen LogP contribution in [0.5, 0.6) is 5.75 Å². The first-order chi connectivity index (χ1) is 11.7. The Bertz CT molecular complexity index is 800. The molecule has 2 aromatic carbocycles. The van der Waals surface area contributed by atoms with Gasteiger partial charge in [0.15, 0.2) is 0 Å². The van der Waals surface area contributed by atoms with E-state index in [0.29, 0.717) is 11.3 Å². The summed E-state index contributed by atoms with van der Waals surface area (Å²) in [5.74, 6) is 0.641. The van der Waals surface area contributed by atoms with Crippen LogP contribution in [0.25, 0.3) is 0 Å². The van der Waals surface area contributed by atoms with E-state index in [9.17, 15) is 4.79 Å². The lowest BCUT2D eigenvalue weighted by molar-refractivity contribution is 0.102. The van der Waals surface area contributed by atoms with Gasteiger partial charge in [-0.3, -0.25) is 9.78 Å². The van der Waals surface area contributed by atoms with Crippen LogP contribution >= 0.6 is 0 Å². The number of hydrogen-bond donors (Lipinski definition) is 2. The highest BCUT2D eigenvalue weighted by Crippen LogP contribution is 2.20. The Labute approximate surface area is 140 Å². The third-order valence-electron chi connectivity index (χ3n) is 3.45. The summed E-state index contributed by atoms with van der Waals surface area (Å²) in [6, 6.07) is 18.5. The van der Waals surface area contributed by atoms with E-state index in [0.717, 1.165) is 17.1 Å². The third kappa shape index (κ3) is 3.89. The number of nitrogens with zero attached hydrogens (tertiary/aromatic N) is 1. The van der Waals surface area contributed by atoms with Gasteiger partial charge in [-0.2, -0.15) is 0 Å². The largest absolute Gasteiger partial charge is 0.497 e. The Balaban J connectivity index is 1.65. The van der Waals surface area contributed by atoms with Gasteiger partial charge in [0.25, 0.3) is 5.91 Å². The molecular formula is C19H17N3O2. The van der Waals surface area contributed by atoms with Crippen molar-refractivity contribution in [2.75, 3.05) is 17.7 Å². The number of amides is 1. The molecule has 0 atom stereocenters. The van der Waals surface area contributed by atoms with Gasteiger partial charge in [-0.1, -0.05) is 0 Å². The molecule has 0 radical (unpaired) electrons. The van der Waals surface area contributed by atoms with Crippen LogP contribution in [0.3, 0.4) is 0 Å². The molecule has 1 amide bonds. The fraction of sp³-hybridized carbons (Fsp3) is 0.0526. The maximum atomic E-state index is 12.2. The van der Waals surface area contributed by atoms with E-state index in [2.05, 4.69) is 15.6 Å². The fourth-order valence-corrected chi connectivity index (χ4v) is 2.19. The van der Waals surface area contributed by atoms with Crippen LogP contribution in [0.15, 0.2) is 73.1 Å². The number of methoxy groups -OCH3 is 1. The lowest BCUT2D eigenvalue weighted by atomic mass is 10.2. The first kappa shape index (κ1) is 15.6. The highest BCUT2D eigenvalue weighted by molar-refractivity contribution is 6.04. The van der Waals surface area contributed by atoms with Gasteiger partial charge in [0.05, 0.1) is 19.0 Å². The van der Waals surface area contributed by atoms with Gasteiger partial charge in [-0.15, -0.1) is 0 Å². The molecule has 3 rings (SSSR count). The molecule has 3 aromatic rings. The summed E-state index contributed by atoms with van der Waals surface area (Å²) in [4.78, 5) is 16.2. The van der Waals surface area contributed by atoms with Gasteiger partial charge in [0.1, 0.15) is 5.75 Å². The van der Waals surface area contributed by atoms with Crippen molar-refractivity contribution in [2.24, 2.45) is 0 Å². The number of hydrogen-bond acceptors (Lipinski definition) is 4. The van der Waals surface area contributed by atoms with Crippen molar-refractivity contribution in [2.45, 2.75) is 0 Å². The predicted molar refractivity (Wildman–Crippen MR) is 94.9 cm³/mol. The predicted octanol–water partition coefficient (Wildman–Crippen LogP) is 4.09. The highest BCUT2D eigenvalue weighted by Gasteiger charge is 2.06. The lowest BCUT2D eigenvalue weighted by Gasteiger charge is -2.09. The first-order valence-corrected chi connectivity index (χ1v) is 7.47. The summed E-state index contributed by atoms with van der Waals surface area (Å²) in [6.45, 7) is 0. The zero-order valence-electron chi connectivity index (χ0n) is 13.2. The summed E-state index contributed by atoms with van der Waals surface area (Å²) >= 11 is 0. The van der Waals surface area contributed by atoms with Crippen LogP contribution in [0.1, 0.15) is 10.4 Å². The average molecular weight is 319 g/mol. The SMILES string of the molecule is COc1ccc(Nc2ccc(C(=O)Nc3cccnc3)cc2)cc1. The molecule has 0 fully saturated rings. The molecule has 0 unspecified atom stereocenters. The number of anilines is 3. The Morgan fingerprint density at radius 2 is 1.58 bits per heavy atom. The van der Waals surface area contributed by atoms with E-state index in [1.807, 2.05) is 36.4 Å². The van der Waals surface area contributed by atoms with Crippen LogP contribution in [-0.4, -0.2) is 18.0 Å². The quantitative estimate of drug-likeness (QED) is 0.743. The van der Waals surface area contributed by atoms with Gasteiger partial charge >= 0.3 is 0 Å². The van der Waals surface area contributed by atoms with Gasteiger partial charge < -0.3 is 15.4 Å². The highest BCUT2D eigenvalue weighted by atomic mass is 16.5. The van der Waals surface area contributed by atoms with E-state index in [-0.39, 0.29) is 5.91 Å². The Morgan fingerprint density at radius 3 is 2.17 bits per heavy atom. The molecule has 1 heterocycles. The van der Waals surface area contributed by atoms with Crippen LogP contribution in [0.2, 0.25) is 0 Å². The fourth-order valence-electron chi connectivity index (χ4n) is 2.19. The molecule has 24 heavy (non-hydrogen) atoms. The Kier molecular flexibility index (Phi) is 4.72. The number of carbonyl (C=O) groups excluding carboxylic acids is 1. The summed E-state index contributed by atoms with van der Waals surface area (Å²) < 4.78 is 5.13. The topological polar surface area (TPSA) is 63.2 Å². The van der Waals surface area contributed by atoms with Gasteiger partial charge in [0, 0.05) is 23.1 Å². The molecule has 0 aliphatic heterocycles. The summed E-state index contributed by atoms with van der Waals surface area (Å²) in [5, 5.41) is 6.08. The monoisotopic (exact) mass is 319 g/mol. The number of pyridine rings is 1. The van der Waals surface area contributed by atoms with Crippen LogP contribution in [0.4, 0.5) is 17.1 Å². The van der Waals surface area contributed by atoms with Crippen molar-refractivity contribution >= 4 is 23.0 Å². The second kappa shape index (κ2) is 7.28. The number of rotatable bonds is 5. The van der Waals surface area contributed by atoms with Gasteiger partial charge in [-0.25, -0.2) is 0 Å². The van der Waals surface area contributed by atoms with Gasteiger partial charge in [0.2, 0.25) is 0 Å². The minimum absolute atomic E-state index is 0.168. The number of ether oxygens (including phenoxy) is 1. The van der Waals surface area contributed by atoms with Crippen molar-refractivity contribution in [3.8, 4) is 5.75 Å². The summed E-state index contributed by atoms with van der Waals surface area (Å²) in [6.07, 6.45) is 3.27. The van der Waals surface area contributed by atoms with E-state index in [1.165, 1.54) is 0 Å². The molecule has 1 aromatic heterocycles. The zero-order chi connectivity index (χ0) is 16.8. The first-order valence-electron chi connectivity index (χ1n) is 7.47. The molecule has 0 aliphatic carbocycles. The van der Waals surface area contributed by atoms with Crippen molar-refractivity contribution in [1.82, 2.24) is 4.98 Å². The van der Waals surface area contributed by atoms with Crippen molar-refractivity contribution in [1.29, 1.82) is 0 Å². The zero-order valence-corrected chi connectivity index (χ0v) is 13.2. The Morgan fingerprint density at radius 1 is 0.917 bits per heavy atom. The van der Waals surface area contributed by atoms with E-state index < -0.39 is 0 Å². The number of carbonyl (C=O) groups is 1. The van der Waals surface area contributed by atoms with Crippen molar-refractivity contribution < 1.29 is 9.53 Å². The number of benzene rings is 2. The van der Waals surface area contributed by atoms with E-state index in [4.69, 9.17) is 4.74 Å². The number of nitrogens with one attached hydrogen (secondary N) is 2. The van der Waals surface area contributed by atoms with Crippen molar-refractivity contribution in [3.05, 3.63) is 78.6 Å². The van der Waals surface area contributed by atoms with Crippen LogP contribution in [-0.2, 0) is 0 Å². The molecule has 0 spiro atoms. The van der Waals surface area contributed by atoms with Crippen LogP contribution < -0.4 is 15.4 Å². The maximum Gasteiger partial charge on any atom is 0.255 e. The van der Waals surface area contributed by atoms with Crippen molar-refractivity contribution in [3.63, 3.8) is 0 Å². The molecule has 5 heteroatoms. The number of aromatic nitrogens is 1. The van der Waals surface area contributed by atoms with Gasteiger partial charge in [-0.05, 0) is 60.7 Å². The summed E-state index contributed by atoms with van der Waals surface area (Å²) in [5.41, 5.74) is 3.10. The molecule has 2 N–H and O–H groups in total. The minimum atomic E-state index is -0.168. The average Bonchev–Trinajstić information content (AvgIpc) is 2.64. The molecule has 0 saturated heterocycles. The molecule has 5 nitrogen and oxygen atoms in total. The molecule has 0 aliphatic rings. The second-order valence-corrected chi connectivity index (χ2v) is 5.13. The Hall–Kier alpha value is -3.34. The normalized spacial score (nSPS) is 10.0. The standard InChI is InChI=1S/C19H17N3O2/c1-24-18-10-8-16(9-11-18)21-15-6-4-14(5-7-15)19(23)22-17-3-2-12-20-13-17/h2-13,21H,1H3,(H,22,23). The molecular weight excluding hydrogens is 302 g/mol. The molecule has 0 saturated carbocycles. The lowest BCUT2D eigenvalue weighted by Crippen LogP contribution is -2.11. The van der Waals surface area contributed by atoms with E-state index in [1.54, 1.807) is 43.8 Å². The third-order valence-corrected chi connectivity index (χ3v) is 3.45. The minimum Gasteiger partial charge on any atom is -0.497 e. The maximum absolute atomic E-state index is 12.2. The summed E-state index contributed by atoms with van der Waals surface area (Å²) in [7, 11) is 1.64. The molecule has 120 valence electrons. The smallest absolute Gasteiger partial charge is 0.255 e.